The Kier molecular flexibility index (Phi) is 6.63. The molecule has 0 aliphatic rings. The molecule has 0 bridgehead atoms. The maximum absolute atomic E-state index is 10.9. The first-order valence-electron chi connectivity index (χ1n) is 7.87. The van der Waals surface area contributed by atoms with Gasteiger partial charge in [-0.2, -0.15) is 0 Å². The molecule has 140 valence electrons. The van der Waals surface area contributed by atoms with Crippen molar-refractivity contribution in [3.63, 3.8) is 0 Å². The van der Waals surface area contributed by atoms with Crippen LogP contribution in [0.3, 0.4) is 0 Å². The Balaban J connectivity index is 1.48. The number of nitro groups is 1. The molecule has 0 fully saturated rings. The molecule has 0 radical (unpaired) electrons. The summed E-state index contributed by atoms with van der Waals surface area (Å²) in [6.07, 6.45) is 5.45. The highest BCUT2D eigenvalue weighted by atomic mass is 32.2. The summed E-state index contributed by atoms with van der Waals surface area (Å²) in [5.41, 5.74) is 0.495. The van der Waals surface area contributed by atoms with Crippen LogP contribution in [0.4, 0.5) is 11.4 Å². The second-order valence-electron chi connectivity index (χ2n) is 5.02. The first-order valence-corrected chi connectivity index (χ1v) is 8.69. The van der Waals surface area contributed by atoms with E-state index in [0.29, 0.717) is 10.8 Å². The quantitative estimate of drug-likeness (QED) is 0.184. The van der Waals surface area contributed by atoms with Gasteiger partial charge in [-0.25, -0.2) is 15.0 Å². The van der Waals surface area contributed by atoms with E-state index in [0.717, 1.165) is 17.7 Å². The Hall–Kier alpha value is -3.79. The van der Waals surface area contributed by atoms with Crippen LogP contribution < -0.4 is 4.74 Å². The van der Waals surface area contributed by atoms with Crippen molar-refractivity contribution >= 4 is 35.9 Å². The fourth-order valence-electron chi connectivity index (χ4n) is 1.97. The lowest BCUT2D eigenvalue weighted by Gasteiger charge is -2.00. The van der Waals surface area contributed by atoms with Gasteiger partial charge in [0.15, 0.2) is 5.16 Å². The molecule has 0 atom stereocenters. The van der Waals surface area contributed by atoms with Crippen LogP contribution in [0.15, 0.2) is 87.2 Å². The summed E-state index contributed by atoms with van der Waals surface area (Å²) < 4.78 is 5.09. The lowest BCUT2D eigenvalue weighted by Crippen LogP contribution is -1.96. The Morgan fingerprint density at radius 1 is 1.00 bits per heavy atom. The van der Waals surface area contributed by atoms with Crippen LogP contribution in [-0.4, -0.2) is 27.7 Å². The van der Waals surface area contributed by atoms with Gasteiger partial charge >= 0.3 is 5.69 Å². The smallest absolute Gasteiger partial charge is 0.311 e. The van der Waals surface area contributed by atoms with Crippen molar-refractivity contribution in [3.05, 3.63) is 77.1 Å². The molecule has 0 amide bonds. The van der Waals surface area contributed by atoms with Crippen molar-refractivity contribution in [2.45, 2.75) is 10.1 Å². The first kappa shape index (κ1) is 19.0. The van der Waals surface area contributed by atoms with Crippen molar-refractivity contribution in [2.24, 2.45) is 10.1 Å². The number of hydrogen-bond donors (Lipinski definition) is 0. The molecule has 0 N–H and O–H groups in total. The number of aliphatic imine (C=N–C) groups is 1. The fourth-order valence-corrected chi connectivity index (χ4v) is 2.68. The normalized spacial score (nSPS) is 11.0. The maximum atomic E-state index is 10.9. The summed E-state index contributed by atoms with van der Waals surface area (Å²) in [6, 6.07) is 15.1. The molecule has 3 aromatic rings. The number of ether oxygens (including phenoxy) is 1. The minimum absolute atomic E-state index is 0.0623. The van der Waals surface area contributed by atoms with Crippen molar-refractivity contribution < 1.29 is 14.5 Å². The van der Waals surface area contributed by atoms with Gasteiger partial charge in [-0.1, -0.05) is 12.1 Å². The van der Waals surface area contributed by atoms with Crippen LogP contribution in [0.5, 0.6) is 5.75 Å². The summed E-state index contributed by atoms with van der Waals surface area (Å²) in [7, 11) is 0. The number of para-hydroxylation sites is 2. The van der Waals surface area contributed by atoms with Crippen LogP contribution in [0.2, 0.25) is 0 Å². The minimum Gasteiger partial charge on any atom is -0.435 e. The molecule has 0 spiro atoms. The van der Waals surface area contributed by atoms with E-state index in [1.165, 1.54) is 23.9 Å². The van der Waals surface area contributed by atoms with Crippen LogP contribution >= 0.6 is 11.8 Å². The molecule has 0 saturated carbocycles. The van der Waals surface area contributed by atoms with Gasteiger partial charge < -0.3 is 9.57 Å². The minimum atomic E-state index is -0.544. The Labute approximate surface area is 163 Å². The molecule has 28 heavy (non-hydrogen) atoms. The zero-order valence-electron chi connectivity index (χ0n) is 14.3. The molecule has 0 aliphatic heterocycles. The zero-order chi connectivity index (χ0) is 19.6. The van der Waals surface area contributed by atoms with Gasteiger partial charge in [0, 0.05) is 23.4 Å². The van der Waals surface area contributed by atoms with E-state index in [2.05, 4.69) is 20.1 Å². The Morgan fingerprint density at radius 3 is 2.50 bits per heavy atom. The monoisotopic (exact) mass is 395 g/mol. The molecular weight excluding hydrogens is 382 g/mol. The topological polar surface area (TPSA) is 112 Å². The molecule has 10 heteroatoms. The number of oxime groups is 1. The number of benzene rings is 2. The summed E-state index contributed by atoms with van der Waals surface area (Å²) in [4.78, 5) is 28.5. The van der Waals surface area contributed by atoms with Gasteiger partial charge in [-0.05, 0) is 53.3 Å². The van der Waals surface area contributed by atoms with Crippen LogP contribution in [0.1, 0.15) is 0 Å². The molecule has 2 aromatic carbocycles. The van der Waals surface area contributed by atoms with E-state index in [9.17, 15) is 10.1 Å². The molecule has 0 saturated heterocycles. The predicted octanol–water partition coefficient (Wildman–Crippen LogP) is 4.23. The van der Waals surface area contributed by atoms with Gasteiger partial charge in [-0.15, -0.1) is 0 Å². The summed E-state index contributed by atoms with van der Waals surface area (Å²) in [6.45, 7) is 0. The highest BCUT2D eigenvalue weighted by Gasteiger charge is 2.12. The Bertz CT molecular complexity index is 981. The molecule has 9 nitrogen and oxygen atoms in total. The van der Waals surface area contributed by atoms with Gasteiger partial charge in [-0.3, -0.25) is 10.1 Å². The second-order valence-corrected chi connectivity index (χ2v) is 6.06. The van der Waals surface area contributed by atoms with E-state index in [1.807, 2.05) is 12.1 Å². The lowest BCUT2D eigenvalue weighted by molar-refractivity contribution is -0.385. The highest BCUT2D eigenvalue weighted by molar-refractivity contribution is 7.99. The second kappa shape index (κ2) is 9.78. The van der Waals surface area contributed by atoms with Crippen LogP contribution in [0.25, 0.3) is 0 Å². The standard InChI is InChI=1S/C18H13N5O4S/c24-23(25)16-4-1-2-5-17(16)26-13-22-27-12-21-14-6-8-15(9-7-14)28-18-19-10-3-11-20-18/h1-13H/b21-12?,22-13+. The van der Waals surface area contributed by atoms with Gasteiger partial charge in [0.2, 0.25) is 18.6 Å². The number of rotatable bonds is 8. The SMILES string of the molecule is O=[N+]([O-])c1ccccc1O/C=N/OC=Nc1ccc(Sc2ncccn2)cc1. The van der Waals surface area contributed by atoms with Crippen molar-refractivity contribution in [1.82, 2.24) is 9.97 Å². The van der Waals surface area contributed by atoms with Crippen molar-refractivity contribution in [3.8, 4) is 5.75 Å². The fraction of sp³-hybridized carbons (Fsp3) is 0. The number of nitro benzene ring substituents is 1. The summed E-state index contributed by atoms with van der Waals surface area (Å²) >= 11 is 1.44. The molecular formula is C18H13N5O4S. The third-order valence-electron chi connectivity index (χ3n) is 3.18. The number of hydrogen-bond acceptors (Lipinski definition) is 9. The molecule has 0 unspecified atom stereocenters. The van der Waals surface area contributed by atoms with Gasteiger partial charge in [0.1, 0.15) is 0 Å². The predicted molar refractivity (Wildman–Crippen MR) is 104 cm³/mol. The molecule has 3 rings (SSSR count). The molecule has 1 heterocycles. The van der Waals surface area contributed by atoms with Gasteiger partial charge in [0.05, 0.1) is 10.6 Å². The Morgan fingerprint density at radius 2 is 1.75 bits per heavy atom. The largest absolute Gasteiger partial charge is 0.435 e. The van der Waals surface area contributed by atoms with E-state index >= 15 is 0 Å². The van der Waals surface area contributed by atoms with Crippen LogP contribution in [0, 0.1) is 10.1 Å². The van der Waals surface area contributed by atoms with Crippen LogP contribution in [-0.2, 0) is 4.84 Å². The van der Waals surface area contributed by atoms with Crippen molar-refractivity contribution in [2.75, 3.05) is 0 Å². The van der Waals surface area contributed by atoms with E-state index in [-0.39, 0.29) is 11.4 Å². The molecule has 0 aliphatic carbocycles. The zero-order valence-corrected chi connectivity index (χ0v) is 15.1. The van der Waals surface area contributed by atoms with E-state index < -0.39 is 4.92 Å². The number of nitrogens with zero attached hydrogens (tertiary/aromatic N) is 5. The maximum Gasteiger partial charge on any atom is 0.311 e. The van der Waals surface area contributed by atoms with E-state index in [4.69, 9.17) is 9.57 Å². The van der Waals surface area contributed by atoms with Gasteiger partial charge in [0.25, 0.3) is 0 Å². The summed E-state index contributed by atoms with van der Waals surface area (Å²) in [5, 5.41) is 15.0. The third kappa shape index (κ3) is 5.61. The lowest BCUT2D eigenvalue weighted by atomic mass is 10.3. The first-order chi connectivity index (χ1) is 13.7. The average Bonchev–Trinajstić information content (AvgIpc) is 2.73. The average molecular weight is 395 g/mol. The number of aromatic nitrogens is 2. The molecule has 1 aromatic heterocycles. The third-order valence-corrected chi connectivity index (χ3v) is 4.08. The van der Waals surface area contributed by atoms with Crippen molar-refractivity contribution in [1.29, 1.82) is 0 Å². The van der Waals surface area contributed by atoms with E-state index in [1.54, 1.807) is 42.7 Å². The highest BCUT2D eigenvalue weighted by Crippen LogP contribution is 2.26. The summed E-state index contributed by atoms with van der Waals surface area (Å²) in [5.74, 6) is 0.0623.